The summed E-state index contributed by atoms with van der Waals surface area (Å²) < 4.78 is 6.00. The molecule has 0 saturated heterocycles. The fourth-order valence-corrected chi connectivity index (χ4v) is 3.01. The van der Waals surface area contributed by atoms with E-state index in [2.05, 4.69) is 41.4 Å². The summed E-state index contributed by atoms with van der Waals surface area (Å²) in [6.45, 7) is 6.00. The third-order valence-electron chi connectivity index (χ3n) is 3.99. The van der Waals surface area contributed by atoms with Crippen LogP contribution in [0.5, 0.6) is 0 Å². The largest absolute Gasteiger partial charge is 0.332 e. The Hall–Kier alpha value is -1.12. The number of fused-ring (bicyclic) bond motifs is 1. The van der Waals surface area contributed by atoms with Gasteiger partial charge in [-0.15, -0.1) is 0 Å². The average molecular weight is 432 g/mol. The standard InChI is InChI=1S/C16H25IN4O2/c1-3-5-10-20-14-13(19(12-18-14)9-7-8-17)15(22)21(16(20)23)11-6-4-2/h12H,3-11H2,1-2H3. The van der Waals surface area contributed by atoms with Gasteiger partial charge in [0.2, 0.25) is 0 Å². The van der Waals surface area contributed by atoms with Crippen molar-refractivity contribution in [2.75, 3.05) is 4.43 Å². The molecule has 0 unspecified atom stereocenters. The molecule has 0 spiro atoms. The van der Waals surface area contributed by atoms with Crippen molar-refractivity contribution >= 4 is 33.8 Å². The monoisotopic (exact) mass is 432 g/mol. The van der Waals surface area contributed by atoms with Crippen LogP contribution in [0, 0.1) is 0 Å². The van der Waals surface area contributed by atoms with Crippen molar-refractivity contribution < 1.29 is 0 Å². The van der Waals surface area contributed by atoms with Gasteiger partial charge in [-0.2, -0.15) is 0 Å². The molecule has 0 aliphatic rings. The maximum absolute atomic E-state index is 12.8. The molecule has 0 N–H and O–H groups in total. The smallest absolute Gasteiger partial charge is 0.325 e. The molecule has 0 radical (unpaired) electrons. The van der Waals surface area contributed by atoms with E-state index >= 15 is 0 Å². The summed E-state index contributed by atoms with van der Waals surface area (Å²) in [4.78, 5) is 29.9. The molecular formula is C16H25IN4O2. The Balaban J connectivity index is 2.64. The van der Waals surface area contributed by atoms with Crippen molar-refractivity contribution in [1.29, 1.82) is 0 Å². The second kappa shape index (κ2) is 8.65. The quantitative estimate of drug-likeness (QED) is 0.452. The van der Waals surface area contributed by atoms with Crippen LogP contribution in [0.3, 0.4) is 0 Å². The first-order chi connectivity index (χ1) is 11.2. The zero-order chi connectivity index (χ0) is 16.8. The van der Waals surface area contributed by atoms with Gasteiger partial charge in [0.15, 0.2) is 11.2 Å². The van der Waals surface area contributed by atoms with Gasteiger partial charge in [0, 0.05) is 24.1 Å². The van der Waals surface area contributed by atoms with Crippen molar-refractivity contribution in [1.82, 2.24) is 18.7 Å². The van der Waals surface area contributed by atoms with E-state index in [0.717, 1.165) is 43.1 Å². The summed E-state index contributed by atoms with van der Waals surface area (Å²) in [5.41, 5.74) is 0.692. The molecule has 2 rings (SSSR count). The van der Waals surface area contributed by atoms with Gasteiger partial charge in [-0.05, 0) is 19.3 Å². The van der Waals surface area contributed by atoms with Crippen LogP contribution in [0.1, 0.15) is 46.0 Å². The number of imidazole rings is 1. The fourth-order valence-electron chi connectivity index (χ4n) is 2.67. The maximum atomic E-state index is 12.8. The van der Waals surface area contributed by atoms with Gasteiger partial charge in [-0.25, -0.2) is 9.78 Å². The molecule has 128 valence electrons. The number of alkyl halides is 1. The summed E-state index contributed by atoms with van der Waals surface area (Å²) in [5, 5.41) is 0. The fraction of sp³-hybridized carbons (Fsp3) is 0.688. The number of halogens is 1. The predicted octanol–water partition coefficient (Wildman–Crippen LogP) is 2.79. The lowest BCUT2D eigenvalue weighted by molar-refractivity contribution is 0.528. The second-order valence-corrected chi connectivity index (χ2v) is 6.83. The number of nitrogens with zero attached hydrogens (tertiary/aromatic N) is 4. The molecule has 2 aromatic heterocycles. The minimum atomic E-state index is -0.219. The molecule has 23 heavy (non-hydrogen) atoms. The highest BCUT2D eigenvalue weighted by atomic mass is 127. The molecule has 0 atom stereocenters. The van der Waals surface area contributed by atoms with Gasteiger partial charge < -0.3 is 4.57 Å². The van der Waals surface area contributed by atoms with E-state index in [9.17, 15) is 9.59 Å². The summed E-state index contributed by atoms with van der Waals surface area (Å²) in [6, 6.07) is 0. The van der Waals surface area contributed by atoms with Crippen LogP contribution in [0.15, 0.2) is 15.9 Å². The van der Waals surface area contributed by atoms with Crippen LogP contribution in [0.4, 0.5) is 0 Å². The molecule has 6 nitrogen and oxygen atoms in total. The van der Waals surface area contributed by atoms with Gasteiger partial charge >= 0.3 is 5.69 Å². The Morgan fingerprint density at radius 2 is 1.65 bits per heavy atom. The summed E-state index contributed by atoms with van der Waals surface area (Å²) >= 11 is 2.33. The second-order valence-electron chi connectivity index (χ2n) is 5.75. The van der Waals surface area contributed by atoms with Crippen LogP contribution in [-0.4, -0.2) is 23.1 Å². The molecule has 2 aromatic rings. The lowest BCUT2D eigenvalue weighted by Gasteiger charge is -2.12. The first-order valence-electron chi connectivity index (χ1n) is 8.40. The number of aromatic nitrogens is 4. The Morgan fingerprint density at radius 1 is 1.00 bits per heavy atom. The van der Waals surface area contributed by atoms with Gasteiger partial charge in [-0.1, -0.05) is 49.3 Å². The lowest BCUT2D eigenvalue weighted by Crippen LogP contribution is -2.40. The molecule has 7 heteroatoms. The lowest BCUT2D eigenvalue weighted by atomic mass is 10.3. The van der Waals surface area contributed by atoms with E-state index in [1.54, 1.807) is 10.9 Å². The van der Waals surface area contributed by atoms with Gasteiger partial charge in [-0.3, -0.25) is 13.9 Å². The average Bonchev–Trinajstić information content (AvgIpc) is 2.96. The Bertz CT molecular complexity index is 760. The highest BCUT2D eigenvalue weighted by Gasteiger charge is 2.17. The van der Waals surface area contributed by atoms with Crippen LogP contribution in [0.25, 0.3) is 11.2 Å². The Labute approximate surface area is 149 Å². The number of unbranched alkanes of at least 4 members (excludes halogenated alkanes) is 2. The van der Waals surface area contributed by atoms with Crippen molar-refractivity contribution in [3.8, 4) is 0 Å². The predicted molar refractivity (Wildman–Crippen MR) is 102 cm³/mol. The van der Waals surface area contributed by atoms with Crippen LogP contribution < -0.4 is 11.2 Å². The van der Waals surface area contributed by atoms with E-state index in [0.29, 0.717) is 24.3 Å². The molecule has 0 aliphatic heterocycles. The molecule has 0 aliphatic carbocycles. The highest BCUT2D eigenvalue weighted by Crippen LogP contribution is 2.09. The number of hydrogen-bond acceptors (Lipinski definition) is 3. The molecule has 0 saturated carbocycles. The van der Waals surface area contributed by atoms with Gasteiger partial charge in [0.25, 0.3) is 5.56 Å². The minimum absolute atomic E-state index is 0.197. The number of rotatable bonds is 9. The normalized spacial score (nSPS) is 11.4. The number of aryl methyl sites for hydroxylation is 2. The summed E-state index contributed by atoms with van der Waals surface area (Å²) in [7, 11) is 0. The van der Waals surface area contributed by atoms with Crippen molar-refractivity contribution in [3.05, 3.63) is 27.2 Å². The summed E-state index contributed by atoms with van der Waals surface area (Å²) in [5.74, 6) is 0. The first-order valence-corrected chi connectivity index (χ1v) is 9.92. The third kappa shape index (κ3) is 3.87. The zero-order valence-electron chi connectivity index (χ0n) is 13.9. The first kappa shape index (κ1) is 18.2. The third-order valence-corrected chi connectivity index (χ3v) is 4.75. The van der Waals surface area contributed by atoms with Crippen LogP contribution in [-0.2, 0) is 19.6 Å². The van der Waals surface area contributed by atoms with E-state index in [4.69, 9.17) is 0 Å². The van der Waals surface area contributed by atoms with E-state index in [1.807, 2.05) is 4.57 Å². The Kier molecular flexibility index (Phi) is 6.86. The highest BCUT2D eigenvalue weighted by molar-refractivity contribution is 14.1. The van der Waals surface area contributed by atoms with Crippen molar-refractivity contribution in [3.63, 3.8) is 0 Å². The zero-order valence-corrected chi connectivity index (χ0v) is 16.1. The van der Waals surface area contributed by atoms with E-state index in [-0.39, 0.29) is 11.2 Å². The van der Waals surface area contributed by atoms with Gasteiger partial charge in [0.1, 0.15) is 0 Å². The molecule has 0 amide bonds. The minimum Gasteiger partial charge on any atom is -0.325 e. The van der Waals surface area contributed by atoms with Crippen LogP contribution in [0.2, 0.25) is 0 Å². The van der Waals surface area contributed by atoms with E-state index in [1.165, 1.54) is 4.57 Å². The van der Waals surface area contributed by atoms with Crippen LogP contribution >= 0.6 is 22.6 Å². The molecule has 0 fully saturated rings. The molecule has 0 aromatic carbocycles. The number of hydrogen-bond donors (Lipinski definition) is 0. The molecule has 0 bridgehead atoms. The van der Waals surface area contributed by atoms with Crippen molar-refractivity contribution in [2.45, 2.75) is 65.6 Å². The molecular weight excluding hydrogens is 407 g/mol. The SMILES string of the molecule is CCCCn1c(=O)c2c(ncn2CCCI)n(CCCC)c1=O. The van der Waals surface area contributed by atoms with Gasteiger partial charge in [0.05, 0.1) is 6.33 Å². The summed E-state index contributed by atoms with van der Waals surface area (Å²) in [6.07, 6.45) is 6.36. The van der Waals surface area contributed by atoms with Crippen molar-refractivity contribution in [2.24, 2.45) is 0 Å². The topological polar surface area (TPSA) is 61.8 Å². The molecule has 2 heterocycles. The maximum Gasteiger partial charge on any atom is 0.332 e. The van der Waals surface area contributed by atoms with E-state index < -0.39 is 0 Å². The Morgan fingerprint density at radius 3 is 2.26 bits per heavy atom.